The van der Waals surface area contributed by atoms with E-state index in [9.17, 15) is 0 Å². The fourth-order valence-corrected chi connectivity index (χ4v) is 1.41. The van der Waals surface area contributed by atoms with E-state index in [1.807, 2.05) is 24.3 Å². The van der Waals surface area contributed by atoms with Crippen molar-refractivity contribution in [2.24, 2.45) is 5.84 Å². The molecule has 15 heavy (non-hydrogen) atoms. The normalized spacial score (nSPS) is 9.93. The number of nitrogens with two attached hydrogens (primary N) is 1. The number of nitrogens with one attached hydrogen (secondary N) is 1. The molecule has 3 N–H and O–H groups in total. The average Bonchev–Trinajstić information content (AvgIpc) is 2.31. The lowest BCUT2D eigenvalue weighted by Crippen LogP contribution is -2.09. The maximum Gasteiger partial charge on any atom is 0.162 e. The Hall–Kier alpha value is -1.94. The van der Waals surface area contributed by atoms with Gasteiger partial charge in [0.15, 0.2) is 5.82 Å². The van der Waals surface area contributed by atoms with E-state index in [-0.39, 0.29) is 0 Å². The predicted octanol–water partition coefficient (Wildman–Crippen LogP) is 1.35. The summed E-state index contributed by atoms with van der Waals surface area (Å²) in [7, 11) is 0. The fraction of sp³-hybridized carbons (Fsp3) is 0.0909. The first kappa shape index (κ1) is 9.61. The van der Waals surface area contributed by atoms with Crippen LogP contribution < -0.4 is 11.3 Å². The number of benzene rings is 1. The van der Waals surface area contributed by atoms with Crippen LogP contribution in [0.4, 0.5) is 5.82 Å². The first-order valence-electron chi connectivity index (χ1n) is 4.70. The number of rotatable bonds is 3. The number of nitrogens with zero attached hydrogens (tertiary/aromatic N) is 2. The summed E-state index contributed by atoms with van der Waals surface area (Å²) in [6.45, 7) is 0. The number of hydrogen-bond donors (Lipinski definition) is 2. The lowest BCUT2D eigenvalue weighted by atomic mass is 10.1. The highest BCUT2D eigenvalue weighted by atomic mass is 15.3. The summed E-state index contributed by atoms with van der Waals surface area (Å²) in [5, 5.41) is 7.67. The van der Waals surface area contributed by atoms with Crippen LogP contribution in [-0.4, -0.2) is 10.2 Å². The van der Waals surface area contributed by atoms with Crippen LogP contribution in [0.5, 0.6) is 0 Å². The maximum atomic E-state index is 5.26. The third-order valence-electron chi connectivity index (χ3n) is 2.11. The van der Waals surface area contributed by atoms with Gasteiger partial charge in [-0.3, -0.25) is 0 Å². The smallest absolute Gasteiger partial charge is 0.162 e. The van der Waals surface area contributed by atoms with E-state index in [0.717, 1.165) is 12.0 Å². The van der Waals surface area contributed by atoms with Crippen LogP contribution >= 0.6 is 0 Å². The lowest BCUT2D eigenvalue weighted by Gasteiger charge is -2.02. The van der Waals surface area contributed by atoms with E-state index in [4.69, 9.17) is 5.84 Å². The van der Waals surface area contributed by atoms with E-state index in [1.54, 1.807) is 6.20 Å². The van der Waals surface area contributed by atoms with Gasteiger partial charge in [-0.2, -0.15) is 5.10 Å². The summed E-state index contributed by atoms with van der Waals surface area (Å²) in [4.78, 5) is 0. The Bertz CT molecular complexity index is 428. The first-order chi connectivity index (χ1) is 7.38. The van der Waals surface area contributed by atoms with Gasteiger partial charge in [-0.15, -0.1) is 5.10 Å². The molecule has 2 rings (SSSR count). The minimum Gasteiger partial charge on any atom is -0.307 e. The minimum absolute atomic E-state index is 0.587. The van der Waals surface area contributed by atoms with Crippen LogP contribution in [0.3, 0.4) is 0 Å². The summed E-state index contributed by atoms with van der Waals surface area (Å²) in [6, 6.07) is 12.1. The second-order valence-corrected chi connectivity index (χ2v) is 3.26. The zero-order valence-corrected chi connectivity index (χ0v) is 8.22. The molecule has 0 aliphatic heterocycles. The Morgan fingerprint density at radius 2 is 1.93 bits per heavy atom. The molecule has 0 atom stereocenters. The van der Waals surface area contributed by atoms with E-state index < -0.39 is 0 Å². The molecule has 0 aliphatic rings. The molecule has 1 aromatic carbocycles. The number of hydrazine groups is 1. The zero-order valence-electron chi connectivity index (χ0n) is 8.22. The molecule has 1 heterocycles. The van der Waals surface area contributed by atoms with Gasteiger partial charge in [-0.05, 0) is 23.6 Å². The van der Waals surface area contributed by atoms with Crippen molar-refractivity contribution >= 4 is 5.82 Å². The van der Waals surface area contributed by atoms with Gasteiger partial charge in [0.25, 0.3) is 0 Å². The lowest BCUT2D eigenvalue weighted by molar-refractivity contribution is 0.987. The molecule has 4 nitrogen and oxygen atoms in total. The van der Waals surface area contributed by atoms with Gasteiger partial charge < -0.3 is 5.43 Å². The molecule has 2 aromatic rings. The Labute approximate surface area is 88.1 Å². The van der Waals surface area contributed by atoms with Crippen molar-refractivity contribution < 1.29 is 0 Å². The number of hydrogen-bond acceptors (Lipinski definition) is 4. The summed E-state index contributed by atoms with van der Waals surface area (Å²) in [6.07, 6.45) is 2.58. The Kier molecular flexibility index (Phi) is 2.90. The zero-order chi connectivity index (χ0) is 10.5. The van der Waals surface area contributed by atoms with Crippen molar-refractivity contribution in [2.75, 3.05) is 5.43 Å². The fourth-order valence-electron chi connectivity index (χ4n) is 1.41. The molecule has 0 saturated carbocycles. The van der Waals surface area contributed by atoms with Crippen molar-refractivity contribution in [3.63, 3.8) is 0 Å². The van der Waals surface area contributed by atoms with Gasteiger partial charge in [-0.1, -0.05) is 30.3 Å². The molecule has 0 unspecified atom stereocenters. The van der Waals surface area contributed by atoms with E-state index >= 15 is 0 Å². The molecule has 0 spiro atoms. The highest BCUT2D eigenvalue weighted by Crippen LogP contribution is 2.10. The average molecular weight is 200 g/mol. The molecular formula is C11H12N4. The molecular weight excluding hydrogens is 188 g/mol. The van der Waals surface area contributed by atoms with Crippen LogP contribution in [0, 0.1) is 0 Å². The number of nitrogen functional groups attached to an aromatic ring is 1. The van der Waals surface area contributed by atoms with E-state index in [0.29, 0.717) is 5.82 Å². The summed E-state index contributed by atoms with van der Waals surface area (Å²) < 4.78 is 0. The summed E-state index contributed by atoms with van der Waals surface area (Å²) in [5.41, 5.74) is 4.81. The molecule has 76 valence electrons. The number of anilines is 1. The van der Waals surface area contributed by atoms with Crippen molar-refractivity contribution in [3.8, 4) is 0 Å². The second-order valence-electron chi connectivity index (χ2n) is 3.26. The Morgan fingerprint density at radius 1 is 1.13 bits per heavy atom. The maximum absolute atomic E-state index is 5.26. The molecule has 0 amide bonds. The van der Waals surface area contributed by atoms with Crippen LogP contribution in [0.25, 0.3) is 0 Å². The quantitative estimate of drug-likeness (QED) is 0.580. The van der Waals surface area contributed by atoms with Crippen molar-refractivity contribution in [1.82, 2.24) is 10.2 Å². The van der Waals surface area contributed by atoms with Crippen molar-refractivity contribution in [2.45, 2.75) is 6.42 Å². The third-order valence-corrected chi connectivity index (χ3v) is 2.11. The molecule has 0 saturated heterocycles. The van der Waals surface area contributed by atoms with Gasteiger partial charge in [0.2, 0.25) is 0 Å². The van der Waals surface area contributed by atoms with Crippen molar-refractivity contribution in [1.29, 1.82) is 0 Å². The highest BCUT2D eigenvalue weighted by molar-refractivity contribution is 5.36. The van der Waals surface area contributed by atoms with Crippen LogP contribution in [-0.2, 0) is 6.42 Å². The predicted molar refractivity (Wildman–Crippen MR) is 59.1 cm³/mol. The molecule has 1 aromatic heterocycles. The second kappa shape index (κ2) is 4.52. The minimum atomic E-state index is 0.587. The van der Waals surface area contributed by atoms with Crippen molar-refractivity contribution in [3.05, 3.63) is 53.7 Å². The Morgan fingerprint density at radius 3 is 2.67 bits per heavy atom. The van der Waals surface area contributed by atoms with E-state index in [2.05, 4.69) is 27.8 Å². The molecule has 4 heteroatoms. The highest BCUT2D eigenvalue weighted by Gasteiger charge is 1.98. The number of aromatic nitrogens is 2. The Balaban J connectivity index is 2.17. The first-order valence-corrected chi connectivity index (χ1v) is 4.70. The van der Waals surface area contributed by atoms with Gasteiger partial charge in [-0.25, -0.2) is 5.84 Å². The standard InChI is InChI=1S/C11H12N4/c12-14-11-7-10(8-13-15-11)6-9-4-2-1-3-5-9/h1-5,7-8H,6,12H2,(H,14,15). The molecule has 0 aliphatic carbocycles. The van der Waals surface area contributed by atoms with Gasteiger partial charge >= 0.3 is 0 Å². The monoisotopic (exact) mass is 200 g/mol. The summed E-state index contributed by atoms with van der Waals surface area (Å²) in [5.74, 6) is 5.85. The third kappa shape index (κ3) is 2.51. The van der Waals surface area contributed by atoms with E-state index in [1.165, 1.54) is 5.56 Å². The summed E-state index contributed by atoms with van der Waals surface area (Å²) >= 11 is 0. The van der Waals surface area contributed by atoms with Gasteiger partial charge in [0.05, 0.1) is 6.20 Å². The molecule has 0 fully saturated rings. The van der Waals surface area contributed by atoms with Crippen LogP contribution in [0.15, 0.2) is 42.6 Å². The van der Waals surface area contributed by atoms with Gasteiger partial charge in [0.1, 0.15) is 0 Å². The molecule has 0 bridgehead atoms. The SMILES string of the molecule is NNc1cc(Cc2ccccc2)cnn1. The van der Waals surface area contributed by atoms with Crippen LogP contribution in [0.1, 0.15) is 11.1 Å². The molecule has 0 radical (unpaired) electrons. The largest absolute Gasteiger partial charge is 0.307 e. The van der Waals surface area contributed by atoms with Gasteiger partial charge in [0, 0.05) is 0 Å². The topological polar surface area (TPSA) is 63.8 Å². The van der Waals surface area contributed by atoms with Crippen LogP contribution in [0.2, 0.25) is 0 Å².